The van der Waals surface area contributed by atoms with E-state index in [0.717, 1.165) is 6.42 Å². The number of hydrogen-bond acceptors (Lipinski definition) is 0. The van der Waals surface area contributed by atoms with Crippen LogP contribution < -0.4 is 24.8 Å². The molecule has 0 aliphatic heterocycles. The third-order valence-electron chi connectivity index (χ3n) is 5.33. The summed E-state index contributed by atoms with van der Waals surface area (Å²) < 4.78 is 1.46. The number of aryl methyl sites for hydroxylation is 3. The van der Waals surface area contributed by atoms with E-state index in [9.17, 15) is 0 Å². The van der Waals surface area contributed by atoms with Crippen molar-refractivity contribution in [3.63, 3.8) is 0 Å². The average Bonchev–Trinajstić information content (AvgIpc) is 3.28. The molecule has 0 amide bonds. The summed E-state index contributed by atoms with van der Waals surface area (Å²) in [6.45, 7) is 8.57. The number of hydrogen-bond donors (Lipinski definition) is 0. The largest absolute Gasteiger partial charge is 1.00 e. The van der Waals surface area contributed by atoms with Gasteiger partial charge in [0.2, 0.25) is 0 Å². The molecule has 0 radical (unpaired) electrons. The van der Waals surface area contributed by atoms with Crippen LogP contribution in [0.1, 0.15) is 40.3 Å². The minimum absolute atomic E-state index is 0. The van der Waals surface area contributed by atoms with Crippen LogP contribution in [0.2, 0.25) is 0 Å². The van der Waals surface area contributed by atoms with Crippen molar-refractivity contribution in [1.29, 1.82) is 0 Å². The van der Waals surface area contributed by atoms with Gasteiger partial charge in [0.05, 0.1) is 0 Å². The van der Waals surface area contributed by atoms with Gasteiger partial charge in [0.1, 0.15) is 0 Å². The number of rotatable bonds is 1. The van der Waals surface area contributed by atoms with Crippen LogP contribution in [0.4, 0.5) is 0 Å². The van der Waals surface area contributed by atoms with Gasteiger partial charge in [-0.05, 0) is 6.42 Å². The molecule has 1 aliphatic carbocycles. The maximum Gasteiger partial charge on any atom is -0.0253 e. The minimum Gasteiger partial charge on any atom is -1.00 e. The molecule has 1 aliphatic rings. The van der Waals surface area contributed by atoms with Crippen LogP contribution in [-0.2, 0) is 30.7 Å². The van der Waals surface area contributed by atoms with Gasteiger partial charge in [-0.15, -0.1) is 5.56 Å². The molecule has 0 heterocycles. The van der Waals surface area contributed by atoms with Crippen molar-refractivity contribution in [3.05, 3.63) is 124 Å². The Labute approximate surface area is 220 Å². The van der Waals surface area contributed by atoms with Gasteiger partial charge < -0.3 is 24.8 Å². The van der Waals surface area contributed by atoms with E-state index in [1.54, 1.807) is 0 Å². The Kier molecular flexibility index (Phi) is 12.2. The fourth-order valence-electron chi connectivity index (χ4n) is 3.64. The third-order valence-corrected chi connectivity index (χ3v) is 6.04. The van der Waals surface area contributed by atoms with Crippen molar-refractivity contribution in [3.8, 4) is 11.1 Å². The first-order valence-corrected chi connectivity index (χ1v) is 11.6. The fourth-order valence-corrected chi connectivity index (χ4v) is 4.05. The zero-order valence-electron chi connectivity index (χ0n) is 19.0. The first-order valence-electron chi connectivity index (χ1n) is 10.3. The van der Waals surface area contributed by atoms with Gasteiger partial charge in [-0.2, -0.15) is 52.6 Å². The zero-order chi connectivity index (χ0) is 21.5. The second-order valence-corrected chi connectivity index (χ2v) is 9.63. The van der Waals surface area contributed by atoms with E-state index in [4.69, 9.17) is 0 Å². The zero-order valence-corrected chi connectivity index (χ0v) is 23.0. The molecule has 4 aromatic carbocycles. The van der Waals surface area contributed by atoms with Gasteiger partial charge in [0, 0.05) is 0 Å². The molecule has 164 valence electrons. The third kappa shape index (κ3) is 7.73. The van der Waals surface area contributed by atoms with Crippen LogP contribution in [0.5, 0.6) is 0 Å². The van der Waals surface area contributed by atoms with Crippen LogP contribution in [-0.4, -0.2) is 3.21 Å². The molecule has 0 nitrogen and oxygen atoms in total. The van der Waals surface area contributed by atoms with Crippen LogP contribution in [0.3, 0.4) is 0 Å². The topological polar surface area (TPSA) is 0 Å². The van der Waals surface area contributed by atoms with Gasteiger partial charge in [-0.25, -0.2) is 6.07 Å². The van der Waals surface area contributed by atoms with Crippen LogP contribution >= 0.6 is 0 Å². The van der Waals surface area contributed by atoms with Gasteiger partial charge >= 0.3 is 70.3 Å². The molecule has 0 saturated carbocycles. The van der Waals surface area contributed by atoms with Gasteiger partial charge in [0.25, 0.3) is 0 Å². The fraction of sp³-hybridized carbons (Fsp3) is 0.172. The summed E-state index contributed by atoms with van der Waals surface area (Å²) in [5, 5.41) is 0. The Morgan fingerprint density at radius 2 is 1.47 bits per heavy atom. The van der Waals surface area contributed by atoms with Gasteiger partial charge in [0.15, 0.2) is 0 Å². The normalized spacial score (nSPS) is 10.1. The van der Waals surface area contributed by atoms with E-state index >= 15 is 0 Å². The molecule has 0 saturated heterocycles. The van der Waals surface area contributed by atoms with E-state index in [2.05, 4.69) is 107 Å². The number of benzene rings is 3. The van der Waals surface area contributed by atoms with E-state index < -0.39 is 0 Å². The Morgan fingerprint density at radius 3 is 2.00 bits per heavy atom. The Balaban J connectivity index is 0.000000242. The molecular formula is C29H28Cl2Zr-2. The van der Waals surface area contributed by atoms with Crippen molar-refractivity contribution in [2.75, 3.05) is 0 Å². The molecule has 0 unspecified atom stereocenters. The van der Waals surface area contributed by atoms with Gasteiger partial charge in [-0.3, -0.25) is 0 Å². The average molecular weight is 539 g/mol. The Morgan fingerprint density at radius 1 is 0.844 bits per heavy atom. The van der Waals surface area contributed by atoms with E-state index in [1.165, 1.54) is 71.9 Å². The maximum atomic E-state index is 3.30. The second kappa shape index (κ2) is 13.8. The molecule has 32 heavy (non-hydrogen) atoms. The predicted octanol–water partition coefficient (Wildman–Crippen LogP) is 1.17. The summed E-state index contributed by atoms with van der Waals surface area (Å²) in [5.74, 6) is 0. The summed E-state index contributed by atoms with van der Waals surface area (Å²) >= 11 is 1.51. The first-order chi connectivity index (χ1) is 14.5. The number of halogens is 2. The monoisotopic (exact) mass is 536 g/mol. The Bertz CT molecular complexity index is 1060. The van der Waals surface area contributed by atoms with Crippen molar-refractivity contribution in [2.24, 2.45) is 0 Å². The summed E-state index contributed by atoms with van der Waals surface area (Å²) in [6, 6.07) is 33.0. The minimum atomic E-state index is 0. The molecular weight excluding hydrogens is 510 g/mol. The molecule has 0 aromatic heterocycles. The van der Waals surface area contributed by atoms with Crippen LogP contribution in [0.25, 0.3) is 11.1 Å². The second-order valence-electron chi connectivity index (χ2n) is 7.79. The standard InChI is InChI=1S/C13H9.C8H11.C8H8.2ClH.Zr/c1-3-7-12-10(5-1)9-11-6-2-4-8-13(11)12;1-6-4-7(2)8(3)5-6;1-2-8-6-4-3-5-7-8;;;/h1-5,7-8H,9H2;4-5H,1-3H3;3-7H,1H3;2*1H;/q2*-1;;;;+2/p-2. The molecule has 0 fully saturated rings. The summed E-state index contributed by atoms with van der Waals surface area (Å²) in [6.07, 6.45) is 1.05. The summed E-state index contributed by atoms with van der Waals surface area (Å²) in [4.78, 5) is 0. The maximum absolute atomic E-state index is 3.30. The molecule has 4 aromatic rings. The SMILES string of the molecule is C[C](=[Zr+2])c1ccccc1.Cc1cc(C)c(C)[cH-]1.[Cl-].[Cl-].[c-]1cccc2c1Cc1ccccc1-2. The van der Waals surface area contributed by atoms with E-state index in [0.29, 0.717) is 0 Å². The Hall–Kier alpha value is -1.66. The number of fused-ring (bicyclic) bond motifs is 3. The quantitative estimate of drug-likeness (QED) is 0.281. The predicted molar refractivity (Wildman–Crippen MR) is 126 cm³/mol. The van der Waals surface area contributed by atoms with E-state index in [-0.39, 0.29) is 24.8 Å². The van der Waals surface area contributed by atoms with Crippen LogP contribution in [0, 0.1) is 26.8 Å². The molecule has 3 heteroatoms. The molecule has 0 spiro atoms. The molecule has 5 rings (SSSR count). The first kappa shape index (κ1) is 28.4. The summed E-state index contributed by atoms with van der Waals surface area (Å²) in [7, 11) is 0. The van der Waals surface area contributed by atoms with E-state index in [1.807, 2.05) is 12.1 Å². The molecule has 0 N–H and O–H groups in total. The summed E-state index contributed by atoms with van der Waals surface area (Å²) in [5.41, 5.74) is 11.1. The molecule has 0 bridgehead atoms. The molecule has 0 atom stereocenters. The van der Waals surface area contributed by atoms with Crippen molar-refractivity contribution >= 4 is 3.21 Å². The van der Waals surface area contributed by atoms with Crippen LogP contribution in [0.15, 0.2) is 84.9 Å². The van der Waals surface area contributed by atoms with Gasteiger partial charge in [-0.1, -0.05) is 56.2 Å². The van der Waals surface area contributed by atoms with Crippen molar-refractivity contribution in [1.82, 2.24) is 0 Å². The van der Waals surface area contributed by atoms with Crippen molar-refractivity contribution < 1.29 is 49.0 Å². The smallest absolute Gasteiger partial charge is 0.0253 e. The van der Waals surface area contributed by atoms with Crippen molar-refractivity contribution in [2.45, 2.75) is 34.1 Å².